The van der Waals surface area contributed by atoms with E-state index in [1.165, 1.54) is 197 Å². The lowest BCUT2D eigenvalue weighted by molar-refractivity contribution is 0.140. The van der Waals surface area contributed by atoms with Crippen molar-refractivity contribution in [3.05, 3.63) is 70.8 Å². The van der Waals surface area contributed by atoms with Crippen LogP contribution in [0.3, 0.4) is 0 Å². The van der Waals surface area contributed by atoms with E-state index in [1.54, 1.807) is 0 Å². The second kappa shape index (κ2) is 24.9. The maximum Gasteiger partial charge on any atom is 0.0991 e. The van der Waals surface area contributed by atoms with E-state index in [-0.39, 0.29) is 0 Å². The van der Waals surface area contributed by atoms with Crippen LogP contribution in [-0.4, -0.2) is 0 Å². The molecule has 2 heteroatoms. The average molecular weight is 745 g/mol. The molecule has 2 nitrogen and oxygen atoms in total. The van der Waals surface area contributed by atoms with Gasteiger partial charge in [-0.05, 0) is 160 Å². The molecule has 0 atom stereocenters. The summed E-state index contributed by atoms with van der Waals surface area (Å²) in [5.41, 5.74) is 4.36. The zero-order valence-corrected chi connectivity index (χ0v) is 35.6. The van der Waals surface area contributed by atoms with E-state index in [9.17, 15) is 0 Å². The Balaban J connectivity index is 0.000000211. The second-order valence-electron chi connectivity index (χ2n) is 19.2. The van der Waals surface area contributed by atoms with Crippen LogP contribution < -0.4 is 0 Å². The SMILES string of the molecule is CCCCCC1CCC(C2CCC(CCc3ccc(C#N)cc3)CC2)CC1.CCCCCCC1CCC(C2CCC(CCc3ccc(C#N)cc3)CC2)CC1. The minimum absolute atomic E-state index is 0.777. The number of hydrogen-bond acceptors (Lipinski definition) is 2. The molecule has 4 aliphatic rings. The van der Waals surface area contributed by atoms with Crippen molar-refractivity contribution >= 4 is 0 Å². The first-order valence-electron chi connectivity index (χ1n) is 24.0. The highest BCUT2D eigenvalue weighted by atomic mass is 14.4. The summed E-state index contributed by atoms with van der Waals surface area (Å²) in [4.78, 5) is 0. The Hall–Kier alpha value is -2.58. The Morgan fingerprint density at radius 2 is 0.673 bits per heavy atom. The van der Waals surface area contributed by atoms with Gasteiger partial charge in [0.15, 0.2) is 0 Å². The highest BCUT2D eigenvalue weighted by molar-refractivity contribution is 5.32. The van der Waals surface area contributed by atoms with Crippen molar-refractivity contribution in [1.82, 2.24) is 0 Å². The van der Waals surface area contributed by atoms with Crippen LogP contribution in [0.4, 0.5) is 0 Å². The number of nitriles is 2. The molecular formula is C53H80N2. The Kier molecular flexibility index (Phi) is 19.7. The molecule has 6 rings (SSSR count). The summed E-state index contributed by atoms with van der Waals surface area (Å²) >= 11 is 0. The molecule has 4 fully saturated rings. The number of unbranched alkanes of at least 4 members (excludes halogenated alkanes) is 5. The molecule has 302 valence electrons. The van der Waals surface area contributed by atoms with E-state index in [2.05, 4.69) is 50.3 Å². The molecule has 4 aliphatic carbocycles. The van der Waals surface area contributed by atoms with Crippen molar-refractivity contribution in [1.29, 1.82) is 10.5 Å². The lowest BCUT2D eigenvalue weighted by Gasteiger charge is -2.38. The Morgan fingerprint density at radius 3 is 0.982 bits per heavy atom. The van der Waals surface area contributed by atoms with Crippen LogP contribution in [0.5, 0.6) is 0 Å². The van der Waals surface area contributed by atoms with Gasteiger partial charge in [0.2, 0.25) is 0 Å². The largest absolute Gasteiger partial charge is 0.192 e. The van der Waals surface area contributed by atoms with Crippen LogP contribution in [0.1, 0.15) is 209 Å². The molecule has 0 spiro atoms. The van der Waals surface area contributed by atoms with Gasteiger partial charge in [-0.1, -0.05) is 147 Å². The summed E-state index contributed by atoms with van der Waals surface area (Å²) < 4.78 is 0. The summed E-state index contributed by atoms with van der Waals surface area (Å²) in [6, 6.07) is 20.9. The van der Waals surface area contributed by atoms with Crippen molar-refractivity contribution in [2.75, 3.05) is 0 Å². The smallest absolute Gasteiger partial charge is 0.0991 e. The van der Waals surface area contributed by atoms with Gasteiger partial charge >= 0.3 is 0 Å². The number of benzene rings is 2. The number of hydrogen-bond donors (Lipinski definition) is 0. The van der Waals surface area contributed by atoms with Gasteiger partial charge < -0.3 is 0 Å². The third-order valence-electron chi connectivity index (χ3n) is 15.4. The molecule has 55 heavy (non-hydrogen) atoms. The van der Waals surface area contributed by atoms with Gasteiger partial charge in [0, 0.05) is 0 Å². The predicted octanol–water partition coefficient (Wildman–Crippen LogP) is 15.8. The molecule has 0 bridgehead atoms. The molecule has 0 amide bonds. The molecular weight excluding hydrogens is 665 g/mol. The van der Waals surface area contributed by atoms with Gasteiger partial charge in [-0.3, -0.25) is 0 Å². The summed E-state index contributed by atoms with van der Waals surface area (Å²) in [6.07, 6.45) is 42.0. The summed E-state index contributed by atoms with van der Waals surface area (Å²) in [6.45, 7) is 4.63. The van der Waals surface area contributed by atoms with E-state index < -0.39 is 0 Å². The highest BCUT2D eigenvalue weighted by Gasteiger charge is 2.32. The molecule has 4 saturated carbocycles. The molecule has 0 aromatic heterocycles. The lowest BCUT2D eigenvalue weighted by atomic mass is 9.68. The second-order valence-corrected chi connectivity index (χ2v) is 19.2. The van der Waals surface area contributed by atoms with Crippen molar-refractivity contribution in [3.63, 3.8) is 0 Å². The van der Waals surface area contributed by atoms with Crippen LogP contribution in [0.2, 0.25) is 0 Å². The zero-order valence-electron chi connectivity index (χ0n) is 35.6. The van der Waals surface area contributed by atoms with Crippen LogP contribution in [0.15, 0.2) is 48.5 Å². The summed E-state index contributed by atoms with van der Waals surface area (Å²) in [5.74, 6) is 8.13. The first-order chi connectivity index (χ1) is 27.1. The van der Waals surface area contributed by atoms with E-state index >= 15 is 0 Å². The Labute approximate surface area is 339 Å². The Bertz CT molecular complexity index is 1360. The first kappa shape index (κ1) is 43.5. The van der Waals surface area contributed by atoms with Crippen LogP contribution in [0.25, 0.3) is 0 Å². The molecule has 0 radical (unpaired) electrons. The third kappa shape index (κ3) is 15.4. The minimum Gasteiger partial charge on any atom is -0.192 e. The zero-order chi connectivity index (χ0) is 38.5. The molecule has 0 unspecified atom stereocenters. The summed E-state index contributed by atoms with van der Waals surface area (Å²) in [7, 11) is 0. The van der Waals surface area contributed by atoms with Crippen LogP contribution in [-0.2, 0) is 12.8 Å². The van der Waals surface area contributed by atoms with E-state index in [0.717, 1.165) is 58.5 Å². The molecule has 0 saturated heterocycles. The van der Waals surface area contributed by atoms with E-state index in [0.29, 0.717) is 0 Å². The number of rotatable bonds is 17. The topological polar surface area (TPSA) is 47.6 Å². The summed E-state index contributed by atoms with van der Waals surface area (Å²) in [5, 5.41) is 17.8. The monoisotopic (exact) mass is 745 g/mol. The number of nitrogens with zero attached hydrogens (tertiary/aromatic N) is 2. The normalized spacial score (nSPS) is 28.3. The predicted molar refractivity (Wildman–Crippen MR) is 234 cm³/mol. The minimum atomic E-state index is 0.777. The molecule has 2 aromatic rings. The van der Waals surface area contributed by atoms with Crippen LogP contribution >= 0.6 is 0 Å². The van der Waals surface area contributed by atoms with Gasteiger partial charge in [0.1, 0.15) is 0 Å². The van der Waals surface area contributed by atoms with E-state index in [1.807, 2.05) is 24.3 Å². The molecule has 0 aliphatic heterocycles. The number of aryl methyl sites for hydroxylation is 2. The fourth-order valence-corrected chi connectivity index (χ4v) is 11.6. The van der Waals surface area contributed by atoms with Crippen molar-refractivity contribution in [3.8, 4) is 12.1 Å². The quantitative estimate of drug-likeness (QED) is 0.151. The van der Waals surface area contributed by atoms with Gasteiger partial charge in [-0.15, -0.1) is 0 Å². The first-order valence-corrected chi connectivity index (χ1v) is 24.0. The van der Waals surface area contributed by atoms with Gasteiger partial charge in [0.05, 0.1) is 23.3 Å². The van der Waals surface area contributed by atoms with Gasteiger partial charge in [-0.2, -0.15) is 10.5 Å². The van der Waals surface area contributed by atoms with Crippen LogP contribution in [0, 0.1) is 70.0 Å². The maximum absolute atomic E-state index is 8.92. The van der Waals surface area contributed by atoms with E-state index in [4.69, 9.17) is 10.5 Å². The molecule has 0 heterocycles. The third-order valence-corrected chi connectivity index (χ3v) is 15.4. The highest BCUT2D eigenvalue weighted by Crippen LogP contribution is 2.44. The van der Waals surface area contributed by atoms with Gasteiger partial charge in [-0.25, -0.2) is 0 Å². The maximum atomic E-state index is 8.92. The fraction of sp³-hybridized carbons (Fsp3) is 0.736. The molecule has 0 N–H and O–H groups in total. The van der Waals surface area contributed by atoms with Crippen molar-refractivity contribution in [2.24, 2.45) is 47.3 Å². The lowest BCUT2D eigenvalue weighted by Crippen LogP contribution is -2.26. The fourth-order valence-electron chi connectivity index (χ4n) is 11.6. The average Bonchev–Trinajstić information content (AvgIpc) is 3.25. The van der Waals surface area contributed by atoms with Gasteiger partial charge in [0.25, 0.3) is 0 Å². The standard InChI is InChI=1S/C27H41N.C26H39N/c1-2-3-4-5-6-22-13-17-26(18-14-22)27-19-15-24(16-20-27)8-7-23-9-11-25(21-28)12-10-23;1-2-3-4-5-21-12-16-25(17-13-21)26-18-14-23(15-19-26)7-6-22-8-10-24(20-27)11-9-22/h9-12,22,24,26-27H,2-8,13-20H2,1H3;8-11,21,23,25-26H,2-7,12-19H2,1H3. The van der Waals surface area contributed by atoms with Crippen molar-refractivity contribution < 1.29 is 0 Å². The molecule has 2 aromatic carbocycles. The Morgan fingerprint density at radius 1 is 0.382 bits per heavy atom. The van der Waals surface area contributed by atoms with Crippen molar-refractivity contribution in [2.45, 2.75) is 200 Å².